The van der Waals surface area contributed by atoms with Crippen LogP contribution >= 0.6 is 0 Å². The number of pyridine rings is 1. The van der Waals surface area contributed by atoms with Gasteiger partial charge >= 0.3 is 0 Å². The Balaban J connectivity index is 1.92. The molecule has 0 aliphatic carbocycles. The van der Waals surface area contributed by atoms with Crippen molar-refractivity contribution in [3.63, 3.8) is 0 Å². The molecule has 0 bridgehead atoms. The van der Waals surface area contributed by atoms with Gasteiger partial charge in [0.1, 0.15) is 5.65 Å². The number of amides is 1. The standard InChI is InChI=1S/C22H23N3O/c1-5-21(26)24-19-12-20-18(14-25(4)22(20)23-13-19)11-8-16-6-9-17(10-7-16)15(2)3/h5-15H,1H2,2-4H3,(H,24,26). The number of hydrogen-bond acceptors (Lipinski definition) is 2. The third-order valence-corrected chi connectivity index (χ3v) is 4.36. The maximum Gasteiger partial charge on any atom is 0.247 e. The Morgan fingerprint density at radius 3 is 2.62 bits per heavy atom. The number of carbonyl (C=O) groups excluding carboxylic acids is 1. The highest BCUT2D eigenvalue weighted by Crippen LogP contribution is 2.24. The van der Waals surface area contributed by atoms with Gasteiger partial charge in [-0.05, 0) is 29.2 Å². The van der Waals surface area contributed by atoms with Crippen molar-refractivity contribution in [3.8, 4) is 0 Å². The minimum absolute atomic E-state index is 0.246. The molecule has 2 heterocycles. The van der Waals surface area contributed by atoms with E-state index in [0.29, 0.717) is 11.6 Å². The maximum atomic E-state index is 11.5. The van der Waals surface area contributed by atoms with Gasteiger partial charge in [-0.25, -0.2) is 4.98 Å². The molecule has 0 unspecified atom stereocenters. The lowest BCUT2D eigenvalue weighted by atomic mass is 10.0. The Morgan fingerprint density at radius 1 is 1.23 bits per heavy atom. The van der Waals surface area contributed by atoms with Crippen molar-refractivity contribution in [2.24, 2.45) is 7.05 Å². The second kappa shape index (κ2) is 7.40. The summed E-state index contributed by atoms with van der Waals surface area (Å²) < 4.78 is 1.98. The van der Waals surface area contributed by atoms with Crippen molar-refractivity contribution >= 4 is 34.8 Å². The van der Waals surface area contributed by atoms with Crippen LogP contribution < -0.4 is 5.32 Å². The SMILES string of the molecule is C=CC(=O)Nc1cnc2c(c1)c(C=Cc1ccc(C(C)C)cc1)cn2C. The number of nitrogens with one attached hydrogen (secondary N) is 1. The zero-order chi connectivity index (χ0) is 18.7. The number of carbonyl (C=O) groups is 1. The second-order valence-corrected chi connectivity index (χ2v) is 6.64. The van der Waals surface area contributed by atoms with Crippen molar-refractivity contribution in [3.05, 3.63) is 72.1 Å². The molecule has 132 valence electrons. The number of anilines is 1. The van der Waals surface area contributed by atoms with Crippen LogP contribution in [0.15, 0.2) is 55.4 Å². The molecule has 3 rings (SSSR count). The van der Waals surface area contributed by atoms with Gasteiger partial charge in [-0.3, -0.25) is 4.79 Å². The van der Waals surface area contributed by atoms with Crippen LogP contribution in [0.4, 0.5) is 5.69 Å². The number of aromatic nitrogens is 2. The topological polar surface area (TPSA) is 46.9 Å². The number of aryl methyl sites for hydroxylation is 1. The largest absolute Gasteiger partial charge is 0.335 e. The van der Waals surface area contributed by atoms with E-state index in [1.165, 1.54) is 11.6 Å². The van der Waals surface area contributed by atoms with Crippen LogP contribution in [0.25, 0.3) is 23.2 Å². The fourth-order valence-corrected chi connectivity index (χ4v) is 2.86. The zero-order valence-electron chi connectivity index (χ0n) is 15.4. The number of rotatable bonds is 5. The molecule has 1 aromatic carbocycles. The predicted octanol–water partition coefficient (Wildman–Crippen LogP) is 4.99. The lowest BCUT2D eigenvalue weighted by Gasteiger charge is -2.04. The van der Waals surface area contributed by atoms with E-state index < -0.39 is 0 Å². The summed E-state index contributed by atoms with van der Waals surface area (Å²) in [7, 11) is 1.96. The molecule has 4 heteroatoms. The molecule has 2 aromatic heterocycles. The summed E-state index contributed by atoms with van der Waals surface area (Å²) in [6.07, 6.45) is 9.11. The molecule has 0 saturated carbocycles. The van der Waals surface area contributed by atoms with E-state index in [1.807, 2.05) is 23.9 Å². The molecular formula is C22H23N3O. The Labute approximate surface area is 153 Å². The fourth-order valence-electron chi connectivity index (χ4n) is 2.86. The summed E-state index contributed by atoms with van der Waals surface area (Å²) in [6.45, 7) is 7.86. The van der Waals surface area contributed by atoms with E-state index in [2.05, 4.69) is 67.1 Å². The highest BCUT2D eigenvalue weighted by Gasteiger charge is 2.08. The average Bonchev–Trinajstić information content (AvgIpc) is 2.95. The molecule has 0 aliphatic rings. The molecule has 0 spiro atoms. The first-order valence-corrected chi connectivity index (χ1v) is 8.64. The van der Waals surface area contributed by atoms with E-state index in [0.717, 1.165) is 22.2 Å². The van der Waals surface area contributed by atoms with Crippen LogP contribution in [-0.4, -0.2) is 15.5 Å². The van der Waals surface area contributed by atoms with Crippen LogP contribution in [0, 0.1) is 0 Å². The van der Waals surface area contributed by atoms with E-state index in [9.17, 15) is 4.79 Å². The van der Waals surface area contributed by atoms with Crippen molar-refractivity contribution in [1.29, 1.82) is 0 Å². The Morgan fingerprint density at radius 2 is 1.96 bits per heavy atom. The summed E-state index contributed by atoms with van der Waals surface area (Å²) in [4.78, 5) is 16.0. The normalized spacial score (nSPS) is 11.4. The molecule has 0 aliphatic heterocycles. The lowest BCUT2D eigenvalue weighted by molar-refractivity contribution is -0.111. The quantitative estimate of drug-likeness (QED) is 0.662. The molecule has 26 heavy (non-hydrogen) atoms. The van der Waals surface area contributed by atoms with Crippen molar-refractivity contribution in [1.82, 2.24) is 9.55 Å². The molecule has 0 radical (unpaired) electrons. The smallest absolute Gasteiger partial charge is 0.247 e. The number of nitrogens with zero attached hydrogens (tertiary/aromatic N) is 2. The van der Waals surface area contributed by atoms with Crippen molar-refractivity contribution in [2.45, 2.75) is 19.8 Å². The first kappa shape index (κ1) is 17.7. The van der Waals surface area contributed by atoms with Gasteiger partial charge in [-0.2, -0.15) is 0 Å². The van der Waals surface area contributed by atoms with Gasteiger partial charge in [0.05, 0.1) is 11.9 Å². The van der Waals surface area contributed by atoms with Gasteiger partial charge in [0.2, 0.25) is 5.91 Å². The van der Waals surface area contributed by atoms with Gasteiger partial charge in [0, 0.05) is 24.2 Å². The summed E-state index contributed by atoms with van der Waals surface area (Å²) in [5.74, 6) is 0.283. The minimum atomic E-state index is -0.246. The number of hydrogen-bond donors (Lipinski definition) is 1. The second-order valence-electron chi connectivity index (χ2n) is 6.64. The fraction of sp³-hybridized carbons (Fsp3) is 0.182. The van der Waals surface area contributed by atoms with Crippen LogP contribution in [0.5, 0.6) is 0 Å². The zero-order valence-corrected chi connectivity index (χ0v) is 15.4. The van der Waals surface area contributed by atoms with E-state index in [4.69, 9.17) is 0 Å². The highest BCUT2D eigenvalue weighted by molar-refractivity contribution is 6.00. The minimum Gasteiger partial charge on any atom is -0.335 e. The molecule has 3 aromatic rings. The van der Waals surface area contributed by atoms with Gasteiger partial charge in [-0.15, -0.1) is 0 Å². The Hall–Kier alpha value is -3.14. The Kier molecular flexibility index (Phi) is 5.03. The molecule has 4 nitrogen and oxygen atoms in total. The van der Waals surface area contributed by atoms with Crippen LogP contribution in [0.1, 0.15) is 36.5 Å². The number of benzene rings is 1. The van der Waals surface area contributed by atoms with Crippen LogP contribution in [0.3, 0.4) is 0 Å². The summed E-state index contributed by atoms with van der Waals surface area (Å²) in [6, 6.07) is 10.5. The molecule has 0 atom stereocenters. The van der Waals surface area contributed by atoms with Gasteiger partial charge in [0.15, 0.2) is 0 Å². The predicted molar refractivity (Wildman–Crippen MR) is 109 cm³/mol. The van der Waals surface area contributed by atoms with E-state index in [1.54, 1.807) is 6.20 Å². The third-order valence-electron chi connectivity index (χ3n) is 4.36. The van der Waals surface area contributed by atoms with Gasteiger partial charge in [0.25, 0.3) is 0 Å². The molecular weight excluding hydrogens is 322 g/mol. The van der Waals surface area contributed by atoms with Crippen LogP contribution in [0.2, 0.25) is 0 Å². The first-order chi connectivity index (χ1) is 12.5. The average molecular weight is 345 g/mol. The highest BCUT2D eigenvalue weighted by atomic mass is 16.1. The monoisotopic (exact) mass is 345 g/mol. The maximum absolute atomic E-state index is 11.5. The summed E-state index contributed by atoms with van der Waals surface area (Å²) in [5, 5.41) is 3.75. The Bertz CT molecular complexity index is 979. The summed E-state index contributed by atoms with van der Waals surface area (Å²) >= 11 is 0. The number of fused-ring (bicyclic) bond motifs is 1. The first-order valence-electron chi connectivity index (χ1n) is 8.64. The van der Waals surface area contributed by atoms with Crippen molar-refractivity contribution in [2.75, 3.05) is 5.32 Å². The van der Waals surface area contributed by atoms with Crippen LogP contribution in [-0.2, 0) is 11.8 Å². The molecule has 1 amide bonds. The van der Waals surface area contributed by atoms with Crippen molar-refractivity contribution < 1.29 is 4.79 Å². The van der Waals surface area contributed by atoms with E-state index >= 15 is 0 Å². The third kappa shape index (κ3) is 3.75. The molecule has 1 N–H and O–H groups in total. The molecule has 0 saturated heterocycles. The lowest BCUT2D eigenvalue weighted by Crippen LogP contribution is -2.07. The van der Waals surface area contributed by atoms with Gasteiger partial charge in [-0.1, -0.05) is 56.8 Å². The van der Waals surface area contributed by atoms with E-state index in [-0.39, 0.29) is 5.91 Å². The summed E-state index contributed by atoms with van der Waals surface area (Å²) in [5.41, 5.74) is 5.06. The van der Waals surface area contributed by atoms with Gasteiger partial charge < -0.3 is 9.88 Å². The molecule has 0 fully saturated rings.